The summed E-state index contributed by atoms with van der Waals surface area (Å²) in [5.74, 6) is -1.19. The second kappa shape index (κ2) is 6.63. The molecule has 6 heteroatoms. The molecule has 2 N–H and O–H groups in total. The molecule has 0 aliphatic carbocycles. The maximum Gasteiger partial charge on any atom is 0.345 e. The van der Waals surface area contributed by atoms with Crippen molar-refractivity contribution in [3.05, 3.63) is 57.8 Å². The lowest BCUT2D eigenvalue weighted by Gasteiger charge is -1.99. The number of hydrazone groups is 1. The third-order valence-electron chi connectivity index (χ3n) is 2.43. The van der Waals surface area contributed by atoms with Crippen molar-refractivity contribution in [2.75, 3.05) is 0 Å². The van der Waals surface area contributed by atoms with Gasteiger partial charge in [0, 0.05) is 4.88 Å². The quantitative estimate of drug-likeness (QED) is 0.653. The Balaban J connectivity index is 1.86. The van der Waals surface area contributed by atoms with E-state index in [2.05, 4.69) is 10.5 Å². The van der Waals surface area contributed by atoms with E-state index >= 15 is 0 Å². The van der Waals surface area contributed by atoms with Crippen LogP contribution in [-0.4, -0.2) is 23.2 Å². The van der Waals surface area contributed by atoms with Gasteiger partial charge in [-0.15, -0.1) is 11.3 Å². The predicted octanol–water partition coefficient (Wildman–Crippen LogP) is 2.14. The standard InChI is InChI=1S/C14H12N2O3S/c17-13(8-10-4-2-1-3-5-10)16-15-9-11-6-7-12(20-11)14(18)19/h1-7,9H,8H2,(H,16,17)(H,18,19). The SMILES string of the molecule is O=C(Cc1ccccc1)NN=Cc1ccc(C(=O)O)s1. The molecular formula is C14H12N2O3S. The molecule has 2 rings (SSSR count). The summed E-state index contributed by atoms with van der Waals surface area (Å²) in [5.41, 5.74) is 3.31. The molecule has 0 aliphatic rings. The van der Waals surface area contributed by atoms with Gasteiger partial charge in [-0.2, -0.15) is 5.10 Å². The Morgan fingerprint density at radius 3 is 2.60 bits per heavy atom. The molecule has 20 heavy (non-hydrogen) atoms. The second-order valence-corrected chi connectivity index (χ2v) is 5.08. The molecule has 1 heterocycles. The Bertz CT molecular complexity index is 635. The van der Waals surface area contributed by atoms with Crippen LogP contribution in [0.25, 0.3) is 0 Å². The van der Waals surface area contributed by atoms with Crippen molar-refractivity contribution in [2.24, 2.45) is 5.10 Å². The Hall–Kier alpha value is -2.47. The topological polar surface area (TPSA) is 78.8 Å². The van der Waals surface area contributed by atoms with Crippen molar-refractivity contribution < 1.29 is 14.7 Å². The number of carboxylic acid groups (broad SMARTS) is 1. The number of aromatic carboxylic acids is 1. The highest BCUT2D eigenvalue weighted by Gasteiger charge is 2.05. The summed E-state index contributed by atoms with van der Waals surface area (Å²) in [4.78, 5) is 23.2. The fourth-order valence-corrected chi connectivity index (χ4v) is 2.24. The molecule has 1 aromatic carbocycles. The number of thiophene rings is 1. The minimum atomic E-state index is -0.970. The van der Waals surface area contributed by atoms with E-state index in [-0.39, 0.29) is 17.2 Å². The second-order valence-electron chi connectivity index (χ2n) is 3.96. The van der Waals surface area contributed by atoms with Gasteiger partial charge >= 0.3 is 5.97 Å². The monoisotopic (exact) mass is 288 g/mol. The lowest BCUT2D eigenvalue weighted by Crippen LogP contribution is -2.19. The number of carboxylic acids is 1. The molecule has 1 amide bonds. The van der Waals surface area contributed by atoms with E-state index in [4.69, 9.17) is 5.11 Å². The van der Waals surface area contributed by atoms with Crippen LogP contribution < -0.4 is 5.43 Å². The molecule has 0 bridgehead atoms. The van der Waals surface area contributed by atoms with Crippen molar-refractivity contribution >= 4 is 29.4 Å². The average Bonchev–Trinajstić information content (AvgIpc) is 2.89. The number of hydrogen-bond donors (Lipinski definition) is 2. The zero-order chi connectivity index (χ0) is 14.4. The minimum absolute atomic E-state index is 0.220. The third-order valence-corrected chi connectivity index (χ3v) is 3.43. The van der Waals surface area contributed by atoms with E-state index in [1.807, 2.05) is 30.3 Å². The Kier molecular flexibility index (Phi) is 4.62. The van der Waals surface area contributed by atoms with E-state index in [1.54, 1.807) is 6.07 Å². The predicted molar refractivity (Wildman–Crippen MR) is 77.2 cm³/mol. The van der Waals surface area contributed by atoms with Gasteiger partial charge in [-0.25, -0.2) is 10.2 Å². The molecule has 0 unspecified atom stereocenters. The van der Waals surface area contributed by atoms with Crippen LogP contribution in [0.15, 0.2) is 47.6 Å². The van der Waals surface area contributed by atoms with E-state index in [0.717, 1.165) is 16.9 Å². The van der Waals surface area contributed by atoms with Crippen LogP contribution in [0.2, 0.25) is 0 Å². The fraction of sp³-hybridized carbons (Fsp3) is 0.0714. The van der Waals surface area contributed by atoms with E-state index in [9.17, 15) is 9.59 Å². The lowest BCUT2D eigenvalue weighted by atomic mass is 10.1. The van der Waals surface area contributed by atoms with Crippen molar-refractivity contribution in [2.45, 2.75) is 6.42 Å². The van der Waals surface area contributed by atoms with Gasteiger partial charge in [-0.3, -0.25) is 4.79 Å². The first kappa shape index (κ1) is 14.0. The fourth-order valence-electron chi connectivity index (χ4n) is 1.53. The molecule has 0 fully saturated rings. The molecule has 2 aromatic rings. The van der Waals surface area contributed by atoms with Gasteiger partial charge in [0.05, 0.1) is 12.6 Å². The van der Waals surface area contributed by atoms with Crippen LogP contribution in [0.5, 0.6) is 0 Å². The van der Waals surface area contributed by atoms with Crippen LogP contribution >= 0.6 is 11.3 Å². The number of carbonyl (C=O) groups excluding carboxylic acids is 1. The van der Waals surface area contributed by atoms with Crippen LogP contribution in [0.3, 0.4) is 0 Å². The van der Waals surface area contributed by atoms with Gasteiger partial charge in [0.25, 0.3) is 0 Å². The molecule has 102 valence electrons. The van der Waals surface area contributed by atoms with Gasteiger partial charge in [-0.1, -0.05) is 30.3 Å². The molecule has 0 atom stereocenters. The minimum Gasteiger partial charge on any atom is -0.477 e. The van der Waals surface area contributed by atoms with Gasteiger partial charge in [-0.05, 0) is 17.7 Å². The first-order valence-electron chi connectivity index (χ1n) is 5.84. The van der Waals surface area contributed by atoms with E-state index < -0.39 is 5.97 Å². The van der Waals surface area contributed by atoms with Gasteiger partial charge in [0.2, 0.25) is 5.91 Å². The maximum absolute atomic E-state index is 11.6. The highest BCUT2D eigenvalue weighted by atomic mass is 32.1. The summed E-state index contributed by atoms with van der Waals surface area (Å²) >= 11 is 1.10. The van der Waals surface area contributed by atoms with Gasteiger partial charge in [0.1, 0.15) is 4.88 Å². The zero-order valence-electron chi connectivity index (χ0n) is 10.4. The lowest BCUT2D eigenvalue weighted by molar-refractivity contribution is -0.120. The molecule has 0 saturated carbocycles. The number of hydrogen-bond acceptors (Lipinski definition) is 4. The van der Waals surface area contributed by atoms with Crippen molar-refractivity contribution in [3.8, 4) is 0 Å². The first-order valence-corrected chi connectivity index (χ1v) is 6.66. The summed E-state index contributed by atoms with van der Waals surface area (Å²) in [6.45, 7) is 0. The summed E-state index contributed by atoms with van der Waals surface area (Å²) in [5, 5.41) is 12.6. The Morgan fingerprint density at radius 2 is 1.95 bits per heavy atom. The van der Waals surface area contributed by atoms with Crippen LogP contribution in [0.1, 0.15) is 20.1 Å². The molecule has 0 radical (unpaired) electrons. The molecule has 1 aromatic heterocycles. The van der Waals surface area contributed by atoms with E-state index in [1.165, 1.54) is 12.3 Å². The number of benzene rings is 1. The summed E-state index contributed by atoms with van der Waals surface area (Å²) < 4.78 is 0. The summed E-state index contributed by atoms with van der Waals surface area (Å²) in [7, 11) is 0. The van der Waals surface area contributed by atoms with Crippen molar-refractivity contribution in [3.63, 3.8) is 0 Å². The molecule has 0 saturated heterocycles. The van der Waals surface area contributed by atoms with E-state index in [0.29, 0.717) is 4.88 Å². The molecular weight excluding hydrogens is 276 g/mol. The van der Waals surface area contributed by atoms with Gasteiger partial charge in [0.15, 0.2) is 0 Å². The Labute approximate surface area is 119 Å². The highest BCUT2D eigenvalue weighted by Crippen LogP contribution is 2.14. The molecule has 5 nitrogen and oxygen atoms in total. The summed E-state index contributed by atoms with van der Waals surface area (Å²) in [6.07, 6.45) is 1.68. The number of nitrogens with zero attached hydrogens (tertiary/aromatic N) is 1. The number of amides is 1. The number of carbonyl (C=O) groups is 2. The van der Waals surface area contributed by atoms with Crippen molar-refractivity contribution in [1.82, 2.24) is 5.43 Å². The zero-order valence-corrected chi connectivity index (χ0v) is 11.3. The average molecular weight is 288 g/mol. The van der Waals surface area contributed by atoms with Crippen LogP contribution in [0, 0.1) is 0 Å². The maximum atomic E-state index is 11.6. The molecule has 0 aliphatic heterocycles. The Morgan fingerprint density at radius 1 is 1.20 bits per heavy atom. The number of nitrogens with one attached hydrogen (secondary N) is 1. The van der Waals surface area contributed by atoms with Crippen LogP contribution in [-0.2, 0) is 11.2 Å². The number of rotatable bonds is 5. The smallest absolute Gasteiger partial charge is 0.345 e. The largest absolute Gasteiger partial charge is 0.477 e. The van der Waals surface area contributed by atoms with Crippen molar-refractivity contribution in [1.29, 1.82) is 0 Å². The third kappa shape index (κ3) is 4.03. The van der Waals surface area contributed by atoms with Gasteiger partial charge < -0.3 is 5.11 Å². The van der Waals surface area contributed by atoms with Crippen LogP contribution in [0.4, 0.5) is 0 Å². The first-order chi connectivity index (χ1) is 9.65. The summed E-state index contributed by atoms with van der Waals surface area (Å²) in [6, 6.07) is 12.5. The normalized spacial score (nSPS) is 10.6. The highest BCUT2D eigenvalue weighted by molar-refractivity contribution is 7.15. The molecule has 0 spiro atoms.